The molecule has 1 aromatic heterocycles. The molecule has 15 heavy (non-hydrogen) atoms. The van der Waals surface area contributed by atoms with E-state index in [-0.39, 0.29) is 12.1 Å². The van der Waals surface area contributed by atoms with Crippen molar-refractivity contribution in [2.24, 2.45) is 12.8 Å². The number of hydrogen-bond acceptors (Lipinski definition) is 4. The topological polar surface area (TPSA) is 62.3 Å². The van der Waals surface area contributed by atoms with Gasteiger partial charge in [0.1, 0.15) is 0 Å². The maximum Gasteiger partial charge on any atom is 0.161 e. The summed E-state index contributed by atoms with van der Waals surface area (Å²) in [5.41, 5.74) is 6.98. The van der Waals surface area contributed by atoms with Crippen LogP contribution in [0.25, 0.3) is 0 Å². The lowest BCUT2D eigenvalue weighted by Crippen LogP contribution is -2.21. The zero-order chi connectivity index (χ0) is 11.4. The Bertz CT molecular complexity index is 312. The van der Waals surface area contributed by atoms with Crippen molar-refractivity contribution in [1.82, 2.24) is 9.78 Å². The van der Waals surface area contributed by atoms with E-state index in [0.717, 1.165) is 17.9 Å². The lowest BCUT2D eigenvalue weighted by molar-refractivity contribution is 0.103. The van der Waals surface area contributed by atoms with E-state index in [2.05, 4.69) is 5.10 Å². The Labute approximate surface area is 90.2 Å². The van der Waals surface area contributed by atoms with E-state index in [9.17, 15) is 0 Å². The first kappa shape index (κ1) is 12.0. The minimum atomic E-state index is -0.123. The molecule has 5 heteroatoms. The summed E-state index contributed by atoms with van der Waals surface area (Å²) < 4.78 is 12.1. The van der Waals surface area contributed by atoms with Crippen LogP contribution in [0.15, 0.2) is 6.20 Å². The van der Waals surface area contributed by atoms with Gasteiger partial charge in [0, 0.05) is 14.2 Å². The molecule has 0 fully saturated rings. The van der Waals surface area contributed by atoms with Gasteiger partial charge < -0.3 is 15.2 Å². The summed E-state index contributed by atoms with van der Waals surface area (Å²) in [7, 11) is 5.15. The SMILES string of the molecule is COc1cnn(C)c1C(N)CC(C)OC. The van der Waals surface area contributed by atoms with Crippen molar-refractivity contribution < 1.29 is 9.47 Å². The van der Waals surface area contributed by atoms with Gasteiger partial charge in [0.25, 0.3) is 0 Å². The predicted octanol–water partition coefficient (Wildman–Crippen LogP) is 0.854. The van der Waals surface area contributed by atoms with Crippen molar-refractivity contribution in [3.63, 3.8) is 0 Å². The van der Waals surface area contributed by atoms with Crippen LogP contribution in [0, 0.1) is 0 Å². The molecule has 2 unspecified atom stereocenters. The number of ether oxygens (including phenoxy) is 2. The zero-order valence-electron chi connectivity index (χ0n) is 9.73. The van der Waals surface area contributed by atoms with Crippen molar-refractivity contribution in [2.75, 3.05) is 14.2 Å². The molecule has 1 rings (SSSR count). The average molecular weight is 213 g/mol. The molecule has 2 atom stereocenters. The van der Waals surface area contributed by atoms with Crippen LogP contribution >= 0.6 is 0 Å². The van der Waals surface area contributed by atoms with E-state index in [1.54, 1.807) is 25.1 Å². The summed E-state index contributed by atoms with van der Waals surface area (Å²) >= 11 is 0. The number of nitrogens with two attached hydrogens (primary N) is 1. The molecule has 0 spiro atoms. The molecule has 0 saturated heterocycles. The largest absolute Gasteiger partial charge is 0.493 e. The Kier molecular flexibility index (Phi) is 4.11. The number of rotatable bonds is 5. The zero-order valence-corrected chi connectivity index (χ0v) is 9.73. The Morgan fingerprint density at radius 1 is 1.53 bits per heavy atom. The van der Waals surface area contributed by atoms with Crippen LogP contribution in [-0.2, 0) is 11.8 Å². The molecule has 0 amide bonds. The molecule has 1 aromatic rings. The first-order chi connectivity index (χ1) is 7.10. The molecule has 0 aromatic carbocycles. The van der Waals surface area contributed by atoms with Gasteiger partial charge >= 0.3 is 0 Å². The summed E-state index contributed by atoms with van der Waals surface area (Å²) in [5.74, 6) is 0.730. The first-order valence-corrected chi connectivity index (χ1v) is 4.94. The molecule has 0 bridgehead atoms. The van der Waals surface area contributed by atoms with Crippen molar-refractivity contribution in [3.8, 4) is 5.75 Å². The van der Waals surface area contributed by atoms with E-state index in [1.165, 1.54) is 0 Å². The highest BCUT2D eigenvalue weighted by atomic mass is 16.5. The number of hydrogen-bond donors (Lipinski definition) is 1. The minimum absolute atomic E-state index is 0.123. The molecule has 0 aliphatic rings. The fourth-order valence-electron chi connectivity index (χ4n) is 1.57. The van der Waals surface area contributed by atoms with Crippen LogP contribution in [0.3, 0.4) is 0 Å². The third-order valence-corrected chi connectivity index (χ3v) is 2.51. The standard InChI is InChI=1S/C10H19N3O2/c1-7(14-3)5-8(11)10-9(15-4)6-12-13(10)2/h6-8H,5,11H2,1-4H3. The van der Waals surface area contributed by atoms with Crippen LogP contribution in [0.2, 0.25) is 0 Å². The van der Waals surface area contributed by atoms with Gasteiger partial charge in [-0.2, -0.15) is 5.10 Å². The number of nitrogens with zero attached hydrogens (tertiary/aromatic N) is 2. The fraction of sp³-hybridized carbons (Fsp3) is 0.700. The van der Waals surface area contributed by atoms with Crippen molar-refractivity contribution in [2.45, 2.75) is 25.5 Å². The van der Waals surface area contributed by atoms with Crippen LogP contribution in [0.1, 0.15) is 25.1 Å². The number of methoxy groups -OCH3 is 2. The van der Waals surface area contributed by atoms with Gasteiger partial charge in [-0.3, -0.25) is 4.68 Å². The maximum absolute atomic E-state index is 6.07. The maximum atomic E-state index is 6.07. The molecular formula is C10H19N3O2. The summed E-state index contributed by atoms with van der Waals surface area (Å²) in [6.45, 7) is 1.99. The number of aromatic nitrogens is 2. The van der Waals surface area contributed by atoms with Gasteiger partial charge in [-0.25, -0.2) is 0 Å². The highest BCUT2D eigenvalue weighted by molar-refractivity contribution is 5.27. The lowest BCUT2D eigenvalue weighted by atomic mass is 10.1. The summed E-state index contributed by atoms with van der Waals surface area (Å²) in [4.78, 5) is 0. The highest BCUT2D eigenvalue weighted by Crippen LogP contribution is 2.25. The van der Waals surface area contributed by atoms with Gasteiger partial charge in [-0.15, -0.1) is 0 Å². The molecule has 5 nitrogen and oxygen atoms in total. The Balaban J connectivity index is 2.80. The molecule has 0 aliphatic carbocycles. The molecule has 0 aliphatic heterocycles. The second kappa shape index (κ2) is 5.14. The van der Waals surface area contributed by atoms with E-state index in [0.29, 0.717) is 0 Å². The summed E-state index contributed by atoms with van der Waals surface area (Å²) in [5, 5.41) is 4.11. The minimum Gasteiger partial charge on any atom is -0.493 e. The average Bonchev–Trinajstić information content (AvgIpc) is 2.59. The normalized spacial score (nSPS) is 15.0. The highest BCUT2D eigenvalue weighted by Gasteiger charge is 2.19. The van der Waals surface area contributed by atoms with Crippen molar-refractivity contribution in [3.05, 3.63) is 11.9 Å². The van der Waals surface area contributed by atoms with Crippen molar-refractivity contribution in [1.29, 1.82) is 0 Å². The van der Waals surface area contributed by atoms with Crippen LogP contribution in [-0.4, -0.2) is 30.1 Å². The molecule has 0 saturated carbocycles. The van der Waals surface area contributed by atoms with Gasteiger partial charge in [0.15, 0.2) is 5.75 Å². The van der Waals surface area contributed by atoms with E-state index in [1.807, 2.05) is 14.0 Å². The van der Waals surface area contributed by atoms with Gasteiger partial charge in [-0.1, -0.05) is 0 Å². The van der Waals surface area contributed by atoms with Gasteiger partial charge in [0.2, 0.25) is 0 Å². The first-order valence-electron chi connectivity index (χ1n) is 4.94. The quantitative estimate of drug-likeness (QED) is 0.787. The summed E-state index contributed by atoms with van der Waals surface area (Å²) in [6, 6.07) is -0.123. The number of aryl methyl sites for hydroxylation is 1. The second-order valence-corrected chi connectivity index (χ2v) is 3.61. The Morgan fingerprint density at radius 3 is 2.73 bits per heavy atom. The molecule has 2 N–H and O–H groups in total. The molecule has 0 radical (unpaired) electrons. The Morgan fingerprint density at radius 2 is 2.20 bits per heavy atom. The molecular weight excluding hydrogens is 194 g/mol. The third-order valence-electron chi connectivity index (χ3n) is 2.51. The smallest absolute Gasteiger partial charge is 0.161 e. The molecule has 1 heterocycles. The van der Waals surface area contributed by atoms with E-state index < -0.39 is 0 Å². The lowest BCUT2D eigenvalue weighted by Gasteiger charge is -2.17. The van der Waals surface area contributed by atoms with Gasteiger partial charge in [-0.05, 0) is 13.3 Å². The van der Waals surface area contributed by atoms with Gasteiger partial charge in [0.05, 0.1) is 31.1 Å². The Hall–Kier alpha value is -1.07. The predicted molar refractivity (Wildman–Crippen MR) is 57.8 cm³/mol. The van der Waals surface area contributed by atoms with Crippen molar-refractivity contribution >= 4 is 0 Å². The monoisotopic (exact) mass is 213 g/mol. The third kappa shape index (κ3) is 2.70. The van der Waals surface area contributed by atoms with Crippen LogP contribution in [0.4, 0.5) is 0 Å². The summed E-state index contributed by atoms with van der Waals surface area (Å²) in [6.07, 6.45) is 2.54. The molecule has 86 valence electrons. The van der Waals surface area contributed by atoms with Crippen LogP contribution in [0.5, 0.6) is 5.75 Å². The fourth-order valence-corrected chi connectivity index (χ4v) is 1.57. The van der Waals surface area contributed by atoms with E-state index >= 15 is 0 Å². The van der Waals surface area contributed by atoms with Crippen LogP contribution < -0.4 is 10.5 Å². The van der Waals surface area contributed by atoms with E-state index in [4.69, 9.17) is 15.2 Å². The second-order valence-electron chi connectivity index (χ2n) is 3.61.